The molecule has 4 N–H and O–H groups in total. The highest BCUT2D eigenvalue weighted by molar-refractivity contribution is 5.43. The Labute approximate surface area is 135 Å². The molecule has 0 aliphatic rings. The van der Waals surface area contributed by atoms with E-state index in [0.29, 0.717) is 44.1 Å². The maximum absolute atomic E-state index is 5.93. The van der Waals surface area contributed by atoms with E-state index in [4.69, 9.17) is 20.9 Å². The third-order valence-electron chi connectivity index (χ3n) is 3.34. The second-order valence-corrected chi connectivity index (χ2v) is 6.73. The molecule has 1 aromatic rings. The summed E-state index contributed by atoms with van der Waals surface area (Å²) in [7, 11) is 0. The van der Waals surface area contributed by atoms with Crippen LogP contribution in [0.2, 0.25) is 0 Å². The Morgan fingerprint density at radius 2 is 1.41 bits per heavy atom. The zero-order chi connectivity index (χ0) is 16.5. The van der Waals surface area contributed by atoms with Crippen LogP contribution in [0.15, 0.2) is 18.2 Å². The zero-order valence-electron chi connectivity index (χ0n) is 14.5. The number of hydrogen-bond donors (Lipinski definition) is 2. The minimum Gasteiger partial charge on any atom is -0.489 e. The predicted octanol–water partition coefficient (Wildman–Crippen LogP) is 2.83. The Morgan fingerprint density at radius 3 is 1.91 bits per heavy atom. The minimum atomic E-state index is 0.306. The van der Waals surface area contributed by atoms with Gasteiger partial charge in [-0.05, 0) is 55.0 Å². The van der Waals surface area contributed by atoms with Crippen LogP contribution in [0, 0.1) is 17.8 Å². The van der Waals surface area contributed by atoms with Crippen molar-refractivity contribution < 1.29 is 9.47 Å². The standard InChI is InChI=1S/C18H32N2O2/c1-13(2)11-21-17-6-5-15(7-16(9-19)10-20)8-18(17)22-12-14(3)4/h5-6,8,13-14,16H,7,9-12,19-20H2,1-4H3. The molecular weight excluding hydrogens is 276 g/mol. The fourth-order valence-corrected chi connectivity index (χ4v) is 2.02. The summed E-state index contributed by atoms with van der Waals surface area (Å²) in [6, 6.07) is 6.14. The first-order valence-electron chi connectivity index (χ1n) is 8.24. The van der Waals surface area contributed by atoms with Gasteiger partial charge in [-0.25, -0.2) is 0 Å². The largest absolute Gasteiger partial charge is 0.489 e. The Balaban J connectivity index is 2.87. The molecule has 0 saturated carbocycles. The number of benzene rings is 1. The van der Waals surface area contributed by atoms with Crippen LogP contribution in [-0.4, -0.2) is 26.3 Å². The summed E-state index contributed by atoms with van der Waals surface area (Å²) in [4.78, 5) is 0. The second kappa shape index (κ2) is 9.70. The molecule has 0 atom stereocenters. The van der Waals surface area contributed by atoms with Crippen LogP contribution < -0.4 is 20.9 Å². The minimum absolute atomic E-state index is 0.306. The molecule has 0 unspecified atom stereocenters. The lowest BCUT2D eigenvalue weighted by atomic mass is 9.99. The van der Waals surface area contributed by atoms with E-state index in [2.05, 4.69) is 39.8 Å². The van der Waals surface area contributed by atoms with Gasteiger partial charge in [0.05, 0.1) is 13.2 Å². The van der Waals surface area contributed by atoms with Gasteiger partial charge in [-0.2, -0.15) is 0 Å². The SMILES string of the molecule is CC(C)COc1ccc(CC(CN)CN)cc1OCC(C)C. The summed E-state index contributed by atoms with van der Waals surface area (Å²) >= 11 is 0. The quantitative estimate of drug-likeness (QED) is 0.697. The normalized spacial score (nSPS) is 11.5. The van der Waals surface area contributed by atoms with Gasteiger partial charge in [-0.15, -0.1) is 0 Å². The molecular formula is C18H32N2O2. The van der Waals surface area contributed by atoms with Crippen molar-refractivity contribution >= 4 is 0 Å². The lowest BCUT2D eigenvalue weighted by Crippen LogP contribution is -2.25. The molecule has 0 amide bonds. The molecule has 0 aliphatic carbocycles. The van der Waals surface area contributed by atoms with E-state index in [-0.39, 0.29) is 0 Å². The van der Waals surface area contributed by atoms with Gasteiger partial charge < -0.3 is 20.9 Å². The van der Waals surface area contributed by atoms with Crippen LogP contribution in [0.4, 0.5) is 0 Å². The molecule has 1 rings (SSSR count). The van der Waals surface area contributed by atoms with Gasteiger partial charge in [-0.1, -0.05) is 33.8 Å². The Kier molecular flexibility index (Phi) is 8.28. The first-order chi connectivity index (χ1) is 10.5. The first kappa shape index (κ1) is 18.8. The van der Waals surface area contributed by atoms with Gasteiger partial charge in [0, 0.05) is 0 Å². The van der Waals surface area contributed by atoms with Crippen molar-refractivity contribution in [2.24, 2.45) is 29.2 Å². The summed E-state index contributed by atoms with van der Waals surface area (Å²) in [5, 5.41) is 0. The third-order valence-corrected chi connectivity index (χ3v) is 3.34. The van der Waals surface area contributed by atoms with Crippen LogP contribution in [-0.2, 0) is 6.42 Å². The number of hydrogen-bond acceptors (Lipinski definition) is 4. The average Bonchev–Trinajstić information content (AvgIpc) is 2.49. The van der Waals surface area contributed by atoms with Crippen LogP contribution in [0.25, 0.3) is 0 Å². The number of nitrogens with two attached hydrogens (primary N) is 2. The smallest absolute Gasteiger partial charge is 0.161 e. The Morgan fingerprint density at radius 1 is 0.864 bits per heavy atom. The Hall–Kier alpha value is -1.26. The van der Waals surface area contributed by atoms with Gasteiger partial charge in [0.25, 0.3) is 0 Å². The Bertz CT molecular complexity index is 429. The number of ether oxygens (including phenoxy) is 2. The highest BCUT2D eigenvalue weighted by Gasteiger charge is 2.11. The fraction of sp³-hybridized carbons (Fsp3) is 0.667. The molecule has 22 heavy (non-hydrogen) atoms. The molecule has 4 heteroatoms. The van der Waals surface area contributed by atoms with E-state index in [1.54, 1.807) is 0 Å². The van der Waals surface area contributed by atoms with Gasteiger partial charge in [0.15, 0.2) is 11.5 Å². The monoisotopic (exact) mass is 308 g/mol. The summed E-state index contributed by atoms with van der Waals surface area (Å²) in [6.07, 6.45) is 0.871. The molecule has 0 saturated heterocycles. The van der Waals surface area contributed by atoms with E-state index >= 15 is 0 Å². The van der Waals surface area contributed by atoms with Crippen molar-refractivity contribution in [2.75, 3.05) is 26.3 Å². The molecule has 1 aromatic carbocycles. The topological polar surface area (TPSA) is 70.5 Å². The summed E-state index contributed by atoms with van der Waals surface area (Å²) < 4.78 is 11.8. The third kappa shape index (κ3) is 6.67. The van der Waals surface area contributed by atoms with Crippen LogP contribution in [0.3, 0.4) is 0 Å². The van der Waals surface area contributed by atoms with Gasteiger partial charge in [0.1, 0.15) is 0 Å². The highest BCUT2D eigenvalue weighted by Crippen LogP contribution is 2.30. The maximum Gasteiger partial charge on any atom is 0.161 e. The van der Waals surface area contributed by atoms with Crippen molar-refractivity contribution in [1.82, 2.24) is 0 Å². The van der Waals surface area contributed by atoms with Crippen molar-refractivity contribution in [3.05, 3.63) is 23.8 Å². The maximum atomic E-state index is 5.93. The zero-order valence-corrected chi connectivity index (χ0v) is 14.5. The van der Waals surface area contributed by atoms with Crippen LogP contribution in [0.5, 0.6) is 11.5 Å². The molecule has 0 aromatic heterocycles. The molecule has 126 valence electrons. The van der Waals surface area contributed by atoms with Crippen LogP contribution >= 0.6 is 0 Å². The predicted molar refractivity (Wildman–Crippen MR) is 92.4 cm³/mol. The summed E-state index contributed by atoms with van der Waals surface area (Å²) in [5.41, 5.74) is 12.7. The average molecular weight is 308 g/mol. The van der Waals surface area contributed by atoms with Crippen molar-refractivity contribution in [2.45, 2.75) is 34.1 Å². The molecule has 0 spiro atoms. The fourth-order valence-electron chi connectivity index (χ4n) is 2.02. The lowest BCUT2D eigenvalue weighted by Gasteiger charge is -2.18. The number of rotatable bonds is 10. The van der Waals surface area contributed by atoms with Crippen molar-refractivity contribution in [3.8, 4) is 11.5 Å². The molecule has 0 fully saturated rings. The van der Waals surface area contributed by atoms with Crippen molar-refractivity contribution in [3.63, 3.8) is 0 Å². The van der Waals surface area contributed by atoms with Gasteiger partial charge >= 0.3 is 0 Å². The van der Waals surface area contributed by atoms with E-state index in [1.165, 1.54) is 5.56 Å². The van der Waals surface area contributed by atoms with Gasteiger partial charge in [0.2, 0.25) is 0 Å². The lowest BCUT2D eigenvalue weighted by molar-refractivity contribution is 0.229. The molecule has 0 aliphatic heterocycles. The van der Waals surface area contributed by atoms with Crippen LogP contribution in [0.1, 0.15) is 33.3 Å². The molecule has 0 radical (unpaired) electrons. The van der Waals surface area contributed by atoms with Crippen molar-refractivity contribution in [1.29, 1.82) is 0 Å². The molecule has 4 nitrogen and oxygen atoms in total. The summed E-state index contributed by atoms with van der Waals surface area (Å²) in [6.45, 7) is 11.1. The van der Waals surface area contributed by atoms with E-state index in [9.17, 15) is 0 Å². The summed E-state index contributed by atoms with van der Waals surface area (Å²) in [5.74, 6) is 2.90. The van der Waals surface area contributed by atoms with E-state index in [0.717, 1.165) is 17.9 Å². The molecule has 0 bridgehead atoms. The van der Waals surface area contributed by atoms with E-state index < -0.39 is 0 Å². The highest BCUT2D eigenvalue weighted by atomic mass is 16.5. The second-order valence-electron chi connectivity index (χ2n) is 6.73. The first-order valence-corrected chi connectivity index (χ1v) is 8.24. The molecule has 0 heterocycles. The van der Waals surface area contributed by atoms with E-state index in [1.807, 2.05) is 6.07 Å². The van der Waals surface area contributed by atoms with Gasteiger partial charge in [-0.3, -0.25) is 0 Å².